The van der Waals surface area contributed by atoms with Crippen molar-refractivity contribution in [3.8, 4) is 22.1 Å². The molecule has 0 N–H and O–H groups in total. The van der Waals surface area contributed by atoms with Gasteiger partial charge in [-0.05, 0) is 87.1 Å². The van der Waals surface area contributed by atoms with Crippen molar-refractivity contribution in [3.05, 3.63) is 71.8 Å². The Balaban J connectivity index is 1.08. The second-order valence-electron chi connectivity index (χ2n) is 11.9. The monoisotopic (exact) mass is 602 g/mol. The quantitative estimate of drug-likeness (QED) is 0.168. The Hall–Kier alpha value is -3.24. The molecule has 7 nitrogen and oxygen atoms in total. The van der Waals surface area contributed by atoms with Gasteiger partial charge >= 0.3 is 0 Å². The summed E-state index contributed by atoms with van der Waals surface area (Å²) in [4.78, 5) is 27.4. The Bertz CT molecular complexity index is 1550. The van der Waals surface area contributed by atoms with Gasteiger partial charge in [0, 0.05) is 57.5 Å². The average Bonchev–Trinajstić information content (AvgIpc) is 3.71. The number of ketones is 1. The molecule has 4 heterocycles. The third-order valence-corrected chi connectivity index (χ3v) is 9.68. The molecule has 2 aliphatic rings. The van der Waals surface area contributed by atoms with E-state index in [1.54, 1.807) is 31.5 Å². The van der Waals surface area contributed by atoms with Crippen LogP contribution in [0.4, 0.5) is 4.39 Å². The van der Waals surface area contributed by atoms with Crippen LogP contribution < -0.4 is 4.74 Å². The van der Waals surface area contributed by atoms with Crippen molar-refractivity contribution in [3.63, 3.8) is 0 Å². The van der Waals surface area contributed by atoms with E-state index < -0.39 is 5.82 Å². The molecule has 0 unspecified atom stereocenters. The van der Waals surface area contributed by atoms with Crippen molar-refractivity contribution in [2.45, 2.75) is 51.1 Å². The molecule has 6 rings (SSSR count). The highest BCUT2D eigenvalue weighted by molar-refractivity contribution is 7.22. The molecule has 0 radical (unpaired) electrons. The van der Waals surface area contributed by atoms with Crippen LogP contribution in [0.2, 0.25) is 0 Å². The number of thiophene rings is 1. The molecule has 0 atom stereocenters. The third kappa shape index (κ3) is 7.65. The van der Waals surface area contributed by atoms with Gasteiger partial charge in [-0.2, -0.15) is 0 Å². The average molecular weight is 603 g/mol. The molecule has 1 aromatic carbocycles. The van der Waals surface area contributed by atoms with E-state index in [0.29, 0.717) is 29.7 Å². The van der Waals surface area contributed by atoms with Crippen LogP contribution in [-0.2, 0) is 22.5 Å². The highest BCUT2D eigenvalue weighted by Crippen LogP contribution is 2.39. The number of hydrogen-bond donors (Lipinski definition) is 0. The maximum Gasteiger partial charge on any atom is 0.166 e. The molecule has 0 bridgehead atoms. The number of aromatic nitrogens is 2. The zero-order valence-corrected chi connectivity index (χ0v) is 25.7. The molecule has 9 heteroatoms. The second-order valence-corrected chi connectivity index (χ2v) is 12.9. The number of carbonyl (C=O) groups excluding carboxylic acids is 1. The van der Waals surface area contributed by atoms with Crippen LogP contribution in [0.15, 0.2) is 54.9 Å². The minimum absolute atomic E-state index is 0.133. The van der Waals surface area contributed by atoms with Crippen LogP contribution in [-0.4, -0.2) is 72.0 Å². The van der Waals surface area contributed by atoms with Crippen LogP contribution in [0.5, 0.6) is 11.5 Å². The lowest BCUT2D eigenvalue weighted by Crippen LogP contribution is -2.43. The zero-order chi connectivity index (χ0) is 29.8. The van der Waals surface area contributed by atoms with E-state index in [0.717, 1.165) is 66.4 Å². The third-order valence-electron chi connectivity index (χ3n) is 8.52. The Morgan fingerprint density at radius 3 is 2.58 bits per heavy atom. The van der Waals surface area contributed by atoms with Crippen molar-refractivity contribution in [2.24, 2.45) is 5.92 Å². The van der Waals surface area contributed by atoms with E-state index in [1.165, 1.54) is 35.8 Å². The van der Waals surface area contributed by atoms with Crippen LogP contribution in [0.3, 0.4) is 0 Å². The number of carbonyl (C=O) groups is 1. The summed E-state index contributed by atoms with van der Waals surface area (Å²) in [5.41, 5.74) is 3.54. The Labute approximate surface area is 256 Å². The van der Waals surface area contributed by atoms with Gasteiger partial charge < -0.3 is 14.4 Å². The van der Waals surface area contributed by atoms with Gasteiger partial charge in [0.05, 0.1) is 27.4 Å². The molecule has 1 saturated heterocycles. The fourth-order valence-electron chi connectivity index (χ4n) is 5.78. The summed E-state index contributed by atoms with van der Waals surface area (Å²) < 4.78 is 27.1. The van der Waals surface area contributed by atoms with Crippen molar-refractivity contribution in [1.82, 2.24) is 19.8 Å². The van der Waals surface area contributed by atoms with E-state index in [-0.39, 0.29) is 18.0 Å². The molecule has 0 amide bonds. The number of nitrogens with zero attached hydrogens (tertiary/aromatic N) is 4. The fraction of sp³-hybridized carbons (Fsp3) is 0.441. The minimum Gasteiger partial charge on any atom is -0.453 e. The summed E-state index contributed by atoms with van der Waals surface area (Å²) >= 11 is 1.53. The maximum atomic E-state index is 15.0. The van der Waals surface area contributed by atoms with E-state index in [1.807, 2.05) is 12.3 Å². The predicted molar refractivity (Wildman–Crippen MR) is 168 cm³/mol. The molecular formula is C34H39FN4O3S. The van der Waals surface area contributed by atoms with E-state index in [2.05, 4.69) is 34.0 Å². The summed E-state index contributed by atoms with van der Waals surface area (Å²) in [6.07, 6.45) is 9.09. The molecule has 226 valence electrons. The molecular weight excluding hydrogens is 563 g/mol. The smallest absolute Gasteiger partial charge is 0.166 e. The number of likely N-dealkylation sites (tertiary alicyclic amines) is 1. The largest absolute Gasteiger partial charge is 0.453 e. The number of halogens is 1. The maximum absolute atomic E-state index is 15.0. The zero-order valence-electron chi connectivity index (χ0n) is 24.9. The SMILES string of the molecule is COCCN(C)C1CCN(Cc2ccc(-c3cc4nccc(Oc5ccc(CC(=O)CC6CC6)cc5F)c4s3)nc2)CC1. The van der Waals surface area contributed by atoms with Gasteiger partial charge in [-0.15, -0.1) is 11.3 Å². The van der Waals surface area contributed by atoms with Crippen molar-refractivity contribution < 1.29 is 18.7 Å². The van der Waals surface area contributed by atoms with Crippen molar-refractivity contribution in [2.75, 3.05) is 40.4 Å². The molecule has 3 aromatic heterocycles. The Morgan fingerprint density at radius 1 is 1.05 bits per heavy atom. The standard InChI is InChI=1S/C34H39FN4O3S/c1-38(15-16-41-2)26-10-13-39(14-11-26)22-25-5-7-29(37-21-25)33-20-30-34(43-33)32(9-12-36-30)42-31-8-6-24(19-28(31)35)18-27(40)17-23-3-4-23/h5-9,12,19-21,23,26H,3-4,10-11,13-18,22H2,1-2H3. The number of fused-ring (bicyclic) bond motifs is 1. The summed E-state index contributed by atoms with van der Waals surface area (Å²) in [7, 11) is 3.95. The number of ether oxygens (including phenoxy) is 2. The first-order valence-electron chi connectivity index (χ1n) is 15.2. The van der Waals surface area contributed by atoms with Crippen LogP contribution in [0, 0.1) is 11.7 Å². The number of rotatable bonds is 13. The van der Waals surface area contributed by atoms with Crippen LogP contribution >= 0.6 is 11.3 Å². The van der Waals surface area contributed by atoms with Crippen molar-refractivity contribution >= 4 is 27.3 Å². The lowest BCUT2D eigenvalue weighted by Gasteiger charge is -2.36. The van der Waals surface area contributed by atoms with Gasteiger partial charge in [0.1, 0.15) is 11.5 Å². The highest BCUT2D eigenvalue weighted by atomic mass is 32.1. The normalized spacial score (nSPS) is 16.3. The molecule has 1 aliphatic heterocycles. The molecule has 2 fully saturated rings. The molecule has 4 aromatic rings. The summed E-state index contributed by atoms with van der Waals surface area (Å²) in [5, 5.41) is 0. The minimum atomic E-state index is -0.474. The molecule has 1 saturated carbocycles. The first-order chi connectivity index (χ1) is 20.9. The lowest BCUT2D eigenvalue weighted by atomic mass is 10.0. The summed E-state index contributed by atoms with van der Waals surface area (Å²) in [5.74, 6) is 0.907. The number of piperidine rings is 1. The number of hydrogen-bond acceptors (Lipinski definition) is 8. The van der Waals surface area contributed by atoms with Crippen LogP contribution in [0.1, 0.15) is 43.2 Å². The first kappa shape index (κ1) is 29.8. The number of benzene rings is 1. The predicted octanol–water partition coefficient (Wildman–Crippen LogP) is 6.74. The molecule has 1 aliphatic carbocycles. The van der Waals surface area contributed by atoms with E-state index in [9.17, 15) is 9.18 Å². The Morgan fingerprint density at radius 2 is 1.86 bits per heavy atom. The highest BCUT2D eigenvalue weighted by Gasteiger charge is 2.25. The van der Waals surface area contributed by atoms with Gasteiger partial charge in [-0.25, -0.2) is 4.39 Å². The van der Waals surface area contributed by atoms with E-state index >= 15 is 0 Å². The summed E-state index contributed by atoms with van der Waals surface area (Å²) in [6.45, 7) is 4.80. The first-order valence-corrected chi connectivity index (χ1v) is 16.0. The summed E-state index contributed by atoms with van der Waals surface area (Å²) in [6, 6.07) is 13.4. The van der Waals surface area contributed by atoms with Gasteiger partial charge in [-0.3, -0.25) is 19.7 Å². The number of likely N-dealkylation sites (N-methyl/N-ethyl adjacent to an activating group) is 1. The lowest BCUT2D eigenvalue weighted by molar-refractivity contribution is -0.118. The molecule has 43 heavy (non-hydrogen) atoms. The van der Waals surface area contributed by atoms with Crippen LogP contribution in [0.25, 0.3) is 20.8 Å². The van der Waals surface area contributed by atoms with E-state index in [4.69, 9.17) is 14.5 Å². The fourth-order valence-corrected chi connectivity index (χ4v) is 6.82. The van der Waals surface area contributed by atoms with Gasteiger partial charge in [0.2, 0.25) is 0 Å². The van der Waals surface area contributed by atoms with Gasteiger partial charge in [-0.1, -0.05) is 12.1 Å². The number of Topliss-reactive ketones (excluding diaryl/α,β-unsaturated/α-hetero) is 1. The number of pyridine rings is 2. The van der Waals surface area contributed by atoms with Gasteiger partial charge in [0.15, 0.2) is 11.6 Å². The topological polar surface area (TPSA) is 67.8 Å². The van der Waals surface area contributed by atoms with Crippen molar-refractivity contribution in [1.29, 1.82) is 0 Å². The Kier molecular flexibility index (Phi) is 9.43. The molecule has 0 spiro atoms. The second kappa shape index (κ2) is 13.6. The number of methoxy groups -OCH3 is 1. The van der Waals surface area contributed by atoms with Gasteiger partial charge in [0.25, 0.3) is 0 Å².